The van der Waals surface area contributed by atoms with E-state index in [0.717, 1.165) is 17.6 Å². The van der Waals surface area contributed by atoms with E-state index in [-0.39, 0.29) is 0 Å². The van der Waals surface area contributed by atoms with Crippen molar-refractivity contribution in [3.05, 3.63) is 53.0 Å². The molecule has 106 valence electrons. The molecule has 0 radical (unpaired) electrons. The number of thiophene rings is 1. The van der Waals surface area contributed by atoms with Gasteiger partial charge >= 0.3 is 0 Å². The number of anilines is 2. The van der Waals surface area contributed by atoms with Crippen LogP contribution < -0.4 is 10.6 Å². The van der Waals surface area contributed by atoms with Crippen molar-refractivity contribution in [3.63, 3.8) is 0 Å². The number of benzene rings is 1. The summed E-state index contributed by atoms with van der Waals surface area (Å²) in [4.78, 5) is 6.73. The van der Waals surface area contributed by atoms with Crippen LogP contribution in [-0.2, 0) is 6.54 Å². The highest BCUT2D eigenvalue weighted by Gasteiger charge is 2.30. The molecule has 2 N–H and O–H groups in total. The van der Waals surface area contributed by atoms with Crippen LogP contribution in [0.15, 0.2) is 47.4 Å². The van der Waals surface area contributed by atoms with Crippen molar-refractivity contribution in [3.8, 4) is 0 Å². The lowest BCUT2D eigenvalue weighted by Gasteiger charge is -2.26. The first-order chi connectivity index (χ1) is 10.3. The Balaban J connectivity index is 1.81. The van der Waals surface area contributed by atoms with E-state index < -0.39 is 0 Å². The van der Waals surface area contributed by atoms with Crippen LogP contribution in [0, 0.1) is 0 Å². The molecule has 4 heteroatoms. The van der Waals surface area contributed by atoms with E-state index in [1.54, 1.807) is 11.3 Å². The zero-order valence-corrected chi connectivity index (χ0v) is 12.5. The van der Waals surface area contributed by atoms with E-state index in [4.69, 9.17) is 5.73 Å². The second-order valence-corrected chi connectivity index (χ2v) is 6.37. The molecule has 0 aliphatic heterocycles. The fourth-order valence-corrected chi connectivity index (χ4v) is 3.48. The van der Waals surface area contributed by atoms with Gasteiger partial charge in [-0.15, -0.1) is 0 Å². The van der Waals surface area contributed by atoms with E-state index in [1.165, 1.54) is 29.5 Å². The molecule has 0 amide bonds. The number of rotatable bonds is 4. The summed E-state index contributed by atoms with van der Waals surface area (Å²) in [6.07, 6.45) is 6.27. The third-order valence-electron chi connectivity index (χ3n) is 4.06. The lowest BCUT2D eigenvalue weighted by molar-refractivity contribution is 0.800. The van der Waals surface area contributed by atoms with E-state index in [1.807, 2.05) is 18.5 Å². The van der Waals surface area contributed by atoms with E-state index in [2.05, 4.69) is 38.8 Å². The Morgan fingerprint density at radius 3 is 2.86 bits per heavy atom. The summed E-state index contributed by atoms with van der Waals surface area (Å²) in [5.41, 5.74) is 9.55. The van der Waals surface area contributed by atoms with Crippen molar-refractivity contribution in [1.82, 2.24) is 4.98 Å². The first-order valence-electron chi connectivity index (χ1n) is 7.23. The minimum atomic E-state index is 0.657. The van der Waals surface area contributed by atoms with Crippen LogP contribution in [0.25, 0.3) is 10.8 Å². The molecule has 3 nitrogen and oxygen atoms in total. The second kappa shape index (κ2) is 5.04. The summed E-state index contributed by atoms with van der Waals surface area (Å²) in [5.74, 6) is 0. The molecule has 1 fully saturated rings. The maximum absolute atomic E-state index is 6.10. The van der Waals surface area contributed by atoms with Crippen LogP contribution in [-0.4, -0.2) is 11.0 Å². The van der Waals surface area contributed by atoms with Gasteiger partial charge in [-0.05, 0) is 53.4 Å². The molecular weight excluding hydrogens is 278 g/mol. The molecule has 0 saturated heterocycles. The molecule has 2 heterocycles. The molecule has 4 rings (SSSR count). The van der Waals surface area contributed by atoms with Gasteiger partial charge in [-0.25, -0.2) is 0 Å². The van der Waals surface area contributed by atoms with Gasteiger partial charge in [0.1, 0.15) is 0 Å². The molecule has 2 aromatic heterocycles. The molecule has 1 aliphatic carbocycles. The van der Waals surface area contributed by atoms with Crippen molar-refractivity contribution in [1.29, 1.82) is 0 Å². The molecular formula is C17H17N3S. The Morgan fingerprint density at radius 1 is 1.19 bits per heavy atom. The molecule has 1 saturated carbocycles. The minimum Gasteiger partial charge on any atom is -0.398 e. The van der Waals surface area contributed by atoms with Gasteiger partial charge in [0.25, 0.3) is 0 Å². The zero-order chi connectivity index (χ0) is 14.2. The number of nitrogens with two attached hydrogens (primary N) is 1. The van der Waals surface area contributed by atoms with Crippen LogP contribution in [0.5, 0.6) is 0 Å². The Kier molecular flexibility index (Phi) is 3.04. The minimum absolute atomic E-state index is 0.657. The number of hydrogen-bond donors (Lipinski definition) is 1. The molecule has 1 aromatic carbocycles. The molecule has 3 aromatic rings. The number of fused-ring (bicyclic) bond motifs is 1. The number of nitrogen functional groups attached to an aromatic ring is 1. The van der Waals surface area contributed by atoms with Gasteiger partial charge in [-0.1, -0.05) is 0 Å². The first kappa shape index (κ1) is 12.7. The molecule has 21 heavy (non-hydrogen) atoms. The maximum atomic E-state index is 6.10. The van der Waals surface area contributed by atoms with Crippen molar-refractivity contribution < 1.29 is 0 Å². The maximum Gasteiger partial charge on any atom is 0.0454 e. The predicted molar refractivity (Wildman–Crippen MR) is 89.7 cm³/mol. The Hall–Kier alpha value is -2.07. The number of nitrogens with zero attached hydrogens (tertiary/aromatic N) is 2. The number of pyridine rings is 1. The highest BCUT2D eigenvalue weighted by Crippen LogP contribution is 2.38. The highest BCUT2D eigenvalue weighted by molar-refractivity contribution is 7.07. The molecule has 0 unspecified atom stereocenters. The smallest absolute Gasteiger partial charge is 0.0454 e. The normalized spacial score (nSPS) is 14.5. The standard InChI is InChI=1S/C17H17N3S/c18-16-3-4-17(14-5-7-19-9-15(14)16)20(13-1-2-13)10-12-6-8-21-11-12/h3-9,11,13H,1-2,10,18H2. The average Bonchev–Trinajstić information content (AvgIpc) is 3.23. The highest BCUT2D eigenvalue weighted by atomic mass is 32.1. The monoisotopic (exact) mass is 295 g/mol. The molecule has 0 spiro atoms. The van der Waals surface area contributed by atoms with Crippen molar-refractivity contribution in [2.45, 2.75) is 25.4 Å². The van der Waals surface area contributed by atoms with Gasteiger partial charge in [-0.2, -0.15) is 11.3 Å². The van der Waals surface area contributed by atoms with Crippen molar-refractivity contribution >= 4 is 33.5 Å². The SMILES string of the molecule is Nc1ccc(N(Cc2ccsc2)C2CC2)c2ccncc12. The Morgan fingerprint density at radius 2 is 2.10 bits per heavy atom. The topological polar surface area (TPSA) is 42.1 Å². The van der Waals surface area contributed by atoms with Gasteiger partial charge in [0.2, 0.25) is 0 Å². The lowest BCUT2D eigenvalue weighted by atomic mass is 10.1. The average molecular weight is 295 g/mol. The summed E-state index contributed by atoms with van der Waals surface area (Å²) < 4.78 is 0. The van der Waals surface area contributed by atoms with Gasteiger partial charge in [0.05, 0.1) is 0 Å². The molecule has 0 atom stereocenters. The second-order valence-electron chi connectivity index (χ2n) is 5.59. The predicted octanol–water partition coefficient (Wildman–Crippen LogP) is 4.05. The van der Waals surface area contributed by atoms with Gasteiger partial charge in [0.15, 0.2) is 0 Å². The van der Waals surface area contributed by atoms with Crippen LogP contribution in [0.4, 0.5) is 11.4 Å². The largest absolute Gasteiger partial charge is 0.398 e. The van der Waals surface area contributed by atoms with Crippen LogP contribution in [0.2, 0.25) is 0 Å². The molecule has 0 bridgehead atoms. The third kappa shape index (κ3) is 2.36. The van der Waals surface area contributed by atoms with Crippen molar-refractivity contribution in [2.24, 2.45) is 0 Å². The summed E-state index contributed by atoms with van der Waals surface area (Å²) in [6.45, 7) is 0.968. The zero-order valence-electron chi connectivity index (χ0n) is 11.7. The quantitative estimate of drug-likeness (QED) is 0.738. The Labute approximate surface area is 128 Å². The van der Waals surface area contributed by atoms with E-state index in [9.17, 15) is 0 Å². The summed E-state index contributed by atoms with van der Waals surface area (Å²) >= 11 is 1.76. The van der Waals surface area contributed by atoms with Crippen LogP contribution >= 0.6 is 11.3 Å². The first-order valence-corrected chi connectivity index (χ1v) is 8.17. The van der Waals surface area contributed by atoms with E-state index >= 15 is 0 Å². The lowest BCUT2D eigenvalue weighted by Crippen LogP contribution is -2.25. The Bertz CT molecular complexity index is 763. The third-order valence-corrected chi connectivity index (χ3v) is 4.79. The van der Waals surface area contributed by atoms with E-state index in [0.29, 0.717) is 6.04 Å². The summed E-state index contributed by atoms with van der Waals surface area (Å²) in [6, 6.07) is 9.10. The van der Waals surface area contributed by atoms with Gasteiger partial charge < -0.3 is 10.6 Å². The number of hydrogen-bond acceptors (Lipinski definition) is 4. The van der Waals surface area contributed by atoms with Crippen LogP contribution in [0.3, 0.4) is 0 Å². The van der Waals surface area contributed by atoms with Gasteiger partial charge in [-0.3, -0.25) is 4.98 Å². The fraction of sp³-hybridized carbons (Fsp3) is 0.235. The summed E-state index contributed by atoms with van der Waals surface area (Å²) in [7, 11) is 0. The van der Waals surface area contributed by atoms with Crippen LogP contribution in [0.1, 0.15) is 18.4 Å². The summed E-state index contributed by atoms with van der Waals surface area (Å²) in [5, 5.41) is 6.63. The number of aromatic nitrogens is 1. The van der Waals surface area contributed by atoms with Crippen molar-refractivity contribution in [2.75, 3.05) is 10.6 Å². The molecule has 1 aliphatic rings. The fourth-order valence-electron chi connectivity index (χ4n) is 2.82. The van der Waals surface area contributed by atoms with Gasteiger partial charge in [0, 0.05) is 47.1 Å².